The Morgan fingerprint density at radius 3 is 2.59 bits per heavy atom. The Labute approximate surface area is 156 Å². The van der Waals surface area contributed by atoms with Crippen LogP contribution in [0.1, 0.15) is 5.56 Å². The number of nitrogens with zero attached hydrogens (tertiary/aromatic N) is 1. The zero-order chi connectivity index (χ0) is 18.8. The molecule has 2 amide bonds. The molecular formula is C21H18N4O2. The van der Waals surface area contributed by atoms with Crippen LogP contribution in [0.25, 0.3) is 22.1 Å². The summed E-state index contributed by atoms with van der Waals surface area (Å²) >= 11 is 0. The second kappa shape index (κ2) is 6.84. The molecule has 0 fully saturated rings. The molecule has 6 heteroatoms. The number of aryl methyl sites for hydroxylation is 1. The zero-order valence-electron chi connectivity index (χ0n) is 14.7. The highest BCUT2D eigenvalue weighted by Gasteiger charge is 2.12. The maximum atomic E-state index is 12.2. The van der Waals surface area contributed by atoms with E-state index in [2.05, 4.69) is 15.6 Å². The van der Waals surface area contributed by atoms with Crippen molar-refractivity contribution in [1.82, 2.24) is 4.98 Å². The van der Waals surface area contributed by atoms with Crippen molar-refractivity contribution in [3.8, 4) is 11.1 Å². The molecule has 0 saturated carbocycles. The van der Waals surface area contributed by atoms with E-state index >= 15 is 0 Å². The Morgan fingerprint density at radius 1 is 1.04 bits per heavy atom. The lowest BCUT2D eigenvalue weighted by atomic mass is 10.1. The first-order valence-electron chi connectivity index (χ1n) is 8.47. The second-order valence-electron chi connectivity index (χ2n) is 6.24. The summed E-state index contributed by atoms with van der Waals surface area (Å²) in [5, 5.41) is 6.42. The molecule has 134 valence electrons. The Bertz CT molecular complexity index is 1120. The van der Waals surface area contributed by atoms with E-state index in [1.54, 1.807) is 18.5 Å². The molecule has 0 atom stereocenters. The number of hydrogen-bond acceptors (Lipinski definition) is 4. The third kappa shape index (κ3) is 3.46. The first kappa shape index (κ1) is 16.7. The number of rotatable bonds is 3. The number of hydrogen-bond donors (Lipinski definition) is 3. The predicted molar refractivity (Wildman–Crippen MR) is 108 cm³/mol. The number of carbonyl (C=O) groups excluding carboxylic acids is 1. The van der Waals surface area contributed by atoms with Gasteiger partial charge in [-0.05, 0) is 48.4 Å². The number of nitrogens with two attached hydrogens (primary N) is 1. The molecule has 0 aliphatic heterocycles. The van der Waals surface area contributed by atoms with Crippen molar-refractivity contribution in [3.63, 3.8) is 0 Å². The number of anilines is 3. The molecule has 0 spiro atoms. The summed E-state index contributed by atoms with van der Waals surface area (Å²) < 4.78 is 5.56. The highest BCUT2D eigenvalue weighted by molar-refractivity contribution is 6.02. The van der Waals surface area contributed by atoms with Gasteiger partial charge in [-0.15, -0.1) is 0 Å². The summed E-state index contributed by atoms with van der Waals surface area (Å²) in [6.45, 7) is 1.98. The van der Waals surface area contributed by atoms with Gasteiger partial charge in [0, 0.05) is 23.1 Å². The van der Waals surface area contributed by atoms with Gasteiger partial charge in [-0.25, -0.2) is 9.78 Å². The third-order valence-corrected chi connectivity index (χ3v) is 4.24. The normalized spacial score (nSPS) is 10.7. The summed E-state index contributed by atoms with van der Waals surface area (Å²) in [6, 6.07) is 16.6. The quantitative estimate of drug-likeness (QED) is 0.479. The first-order chi connectivity index (χ1) is 13.1. The van der Waals surface area contributed by atoms with Crippen LogP contribution in [0.5, 0.6) is 0 Å². The van der Waals surface area contributed by atoms with Crippen LogP contribution in [-0.4, -0.2) is 11.0 Å². The topological polar surface area (TPSA) is 93.2 Å². The van der Waals surface area contributed by atoms with Gasteiger partial charge in [0.15, 0.2) is 0 Å². The Kier molecular flexibility index (Phi) is 4.22. The van der Waals surface area contributed by atoms with E-state index in [1.807, 2.05) is 55.5 Å². The minimum absolute atomic E-state index is 0.296. The highest BCUT2D eigenvalue weighted by atomic mass is 16.3. The van der Waals surface area contributed by atoms with E-state index in [9.17, 15) is 4.79 Å². The Balaban J connectivity index is 1.51. The molecule has 4 rings (SSSR count). The van der Waals surface area contributed by atoms with Gasteiger partial charge in [0.25, 0.3) is 0 Å². The van der Waals surface area contributed by atoms with E-state index in [-0.39, 0.29) is 6.03 Å². The third-order valence-electron chi connectivity index (χ3n) is 4.24. The molecule has 27 heavy (non-hydrogen) atoms. The number of amides is 2. The molecule has 2 aromatic carbocycles. The summed E-state index contributed by atoms with van der Waals surface area (Å²) in [6.07, 6.45) is 3.28. The maximum Gasteiger partial charge on any atom is 0.323 e. The van der Waals surface area contributed by atoms with Crippen LogP contribution < -0.4 is 16.4 Å². The van der Waals surface area contributed by atoms with Crippen LogP contribution in [-0.2, 0) is 0 Å². The standard InChI is InChI=1S/C21H18N4O2/c1-13-3-2-4-16(11-13)25-21(26)24-15-7-5-14(6-8-15)17-12-27-18-9-10-23-20(22)19(17)18/h2-12H,1H3,(H2,22,23)(H2,24,25,26). The number of urea groups is 1. The molecule has 0 radical (unpaired) electrons. The van der Waals surface area contributed by atoms with Gasteiger partial charge in [-0.2, -0.15) is 0 Å². The molecule has 0 bridgehead atoms. The largest absolute Gasteiger partial charge is 0.463 e. The number of furan rings is 1. The highest BCUT2D eigenvalue weighted by Crippen LogP contribution is 2.33. The molecule has 0 aliphatic carbocycles. The number of fused-ring (bicyclic) bond motifs is 1. The van der Waals surface area contributed by atoms with E-state index in [0.717, 1.165) is 27.8 Å². The van der Waals surface area contributed by atoms with Crippen molar-refractivity contribution in [2.75, 3.05) is 16.4 Å². The molecular weight excluding hydrogens is 340 g/mol. The predicted octanol–water partition coefficient (Wildman–Crippen LogP) is 5.03. The maximum absolute atomic E-state index is 12.2. The smallest absolute Gasteiger partial charge is 0.323 e. The summed E-state index contributed by atoms with van der Waals surface area (Å²) in [5.41, 5.74) is 11.0. The fourth-order valence-corrected chi connectivity index (χ4v) is 2.97. The second-order valence-corrected chi connectivity index (χ2v) is 6.24. The van der Waals surface area contributed by atoms with Crippen molar-refractivity contribution in [3.05, 3.63) is 72.6 Å². The number of aromatic nitrogens is 1. The average molecular weight is 358 g/mol. The lowest BCUT2D eigenvalue weighted by Gasteiger charge is -2.09. The molecule has 0 aliphatic rings. The summed E-state index contributed by atoms with van der Waals surface area (Å²) in [5.74, 6) is 0.427. The zero-order valence-corrected chi connectivity index (χ0v) is 14.7. The number of carbonyl (C=O) groups is 1. The van der Waals surface area contributed by atoms with Crippen LogP contribution in [0.2, 0.25) is 0 Å². The number of benzene rings is 2. The Morgan fingerprint density at radius 2 is 1.81 bits per heavy atom. The van der Waals surface area contributed by atoms with E-state index < -0.39 is 0 Å². The number of nitrogens with one attached hydrogen (secondary N) is 2. The Hall–Kier alpha value is -3.80. The van der Waals surface area contributed by atoms with Crippen molar-refractivity contribution in [2.24, 2.45) is 0 Å². The van der Waals surface area contributed by atoms with E-state index in [0.29, 0.717) is 17.1 Å². The molecule has 0 unspecified atom stereocenters. The van der Waals surface area contributed by atoms with Crippen molar-refractivity contribution in [1.29, 1.82) is 0 Å². The first-order valence-corrected chi connectivity index (χ1v) is 8.47. The summed E-state index contributed by atoms with van der Waals surface area (Å²) in [4.78, 5) is 16.3. The van der Waals surface area contributed by atoms with Gasteiger partial charge >= 0.3 is 6.03 Å². The van der Waals surface area contributed by atoms with Crippen molar-refractivity contribution >= 4 is 34.2 Å². The molecule has 0 saturated heterocycles. The number of nitrogen functional groups attached to an aromatic ring is 1. The summed E-state index contributed by atoms with van der Waals surface area (Å²) in [7, 11) is 0. The minimum atomic E-state index is -0.296. The van der Waals surface area contributed by atoms with Gasteiger partial charge in [0.1, 0.15) is 11.4 Å². The van der Waals surface area contributed by atoms with E-state index in [4.69, 9.17) is 10.2 Å². The van der Waals surface area contributed by atoms with Crippen molar-refractivity contribution < 1.29 is 9.21 Å². The number of pyridine rings is 1. The minimum Gasteiger partial charge on any atom is -0.463 e. The van der Waals surface area contributed by atoms with Crippen LogP contribution >= 0.6 is 0 Å². The van der Waals surface area contributed by atoms with Gasteiger partial charge < -0.3 is 20.8 Å². The fraction of sp³-hybridized carbons (Fsp3) is 0.0476. The molecule has 2 heterocycles. The van der Waals surface area contributed by atoms with Gasteiger partial charge in [0.2, 0.25) is 0 Å². The molecule has 2 aromatic heterocycles. The SMILES string of the molecule is Cc1cccc(NC(=O)Nc2ccc(-c3coc4ccnc(N)c34)cc2)c1. The van der Waals surface area contributed by atoms with E-state index in [1.165, 1.54) is 0 Å². The lowest BCUT2D eigenvalue weighted by Crippen LogP contribution is -2.19. The van der Waals surface area contributed by atoms with Crippen LogP contribution in [0.4, 0.5) is 22.0 Å². The van der Waals surface area contributed by atoms with Crippen LogP contribution in [0, 0.1) is 6.92 Å². The van der Waals surface area contributed by atoms with Gasteiger partial charge in [-0.1, -0.05) is 24.3 Å². The van der Waals surface area contributed by atoms with Crippen LogP contribution in [0.3, 0.4) is 0 Å². The average Bonchev–Trinajstić information content (AvgIpc) is 3.08. The lowest BCUT2D eigenvalue weighted by molar-refractivity contribution is 0.262. The molecule has 4 aromatic rings. The molecule has 6 nitrogen and oxygen atoms in total. The fourth-order valence-electron chi connectivity index (χ4n) is 2.97. The van der Waals surface area contributed by atoms with Gasteiger partial charge in [-0.3, -0.25) is 0 Å². The van der Waals surface area contributed by atoms with Crippen molar-refractivity contribution in [2.45, 2.75) is 6.92 Å². The van der Waals surface area contributed by atoms with Gasteiger partial charge in [0.05, 0.1) is 11.6 Å². The molecule has 4 N–H and O–H groups in total. The van der Waals surface area contributed by atoms with Crippen LogP contribution in [0.15, 0.2) is 71.5 Å². The monoisotopic (exact) mass is 358 g/mol.